The van der Waals surface area contributed by atoms with Crippen LogP contribution in [0.3, 0.4) is 0 Å². The van der Waals surface area contributed by atoms with Crippen LogP contribution in [0, 0.1) is 0 Å². The molecule has 0 spiro atoms. The van der Waals surface area contributed by atoms with Crippen molar-refractivity contribution in [2.45, 2.75) is 45.7 Å². The van der Waals surface area contributed by atoms with E-state index in [1.165, 1.54) is 16.9 Å². The molecule has 2 rings (SSSR count). The minimum absolute atomic E-state index is 0.500. The van der Waals surface area contributed by atoms with Crippen molar-refractivity contribution in [1.82, 2.24) is 0 Å². The van der Waals surface area contributed by atoms with Crippen LogP contribution in [0.4, 0.5) is 11.4 Å². The van der Waals surface area contributed by atoms with Crippen LogP contribution in [0.5, 0.6) is 0 Å². The van der Waals surface area contributed by atoms with Crippen molar-refractivity contribution in [2.75, 3.05) is 17.3 Å². The third-order valence-corrected chi connectivity index (χ3v) is 3.78. The third-order valence-electron chi connectivity index (χ3n) is 3.78. The maximum Gasteiger partial charge on any atom is 0.0602 e. The first kappa shape index (κ1) is 11.3. The van der Waals surface area contributed by atoms with Gasteiger partial charge >= 0.3 is 0 Å². The van der Waals surface area contributed by atoms with Gasteiger partial charge in [0.1, 0.15) is 0 Å². The number of nitrogens with one attached hydrogen (secondary N) is 1. The molecular weight excluding hydrogens is 196 g/mol. The van der Waals surface area contributed by atoms with Crippen molar-refractivity contribution in [3.05, 3.63) is 23.8 Å². The molecule has 0 fully saturated rings. The fraction of sp³-hybridized carbons (Fsp3) is 0.571. The summed E-state index contributed by atoms with van der Waals surface area (Å²) in [5.41, 5.74) is 4.00. The minimum atomic E-state index is 0.500. The third kappa shape index (κ3) is 1.77. The maximum atomic E-state index is 3.59. The van der Waals surface area contributed by atoms with Crippen LogP contribution < -0.4 is 10.2 Å². The van der Waals surface area contributed by atoms with Gasteiger partial charge in [-0.25, -0.2) is 0 Å². The molecule has 0 saturated carbocycles. The van der Waals surface area contributed by atoms with E-state index < -0.39 is 0 Å². The summed E-state index contributed by atoms with van der Waals surface area (Å²) < 4.78 is 0. The Morgan fingerprint density at radius 1 is 1.25 bits per heavy atom. The SMILES string of the molecule is CC(C)c1ccc2c(c1)NC(C)C(C)N2C. The normalized spacial score (nSPS) is 24.2. The van der Waals surface area contributed by atoms with E-state index in [2.05, 4.69) is 63.2 Å². The Hall–Kier alpha value is -1.18. The molecule has 0 aromatic heterocycles. The lowest BCUT2D eigenvalue weighted by atomic mass is 9.98. The molecule has 0 bridgehead atoms. The highest BCUT2D eigenvalue weighted by Crippen LogP contribution is 2.34. The topological polar surface area (TPSA) is 15.3 Å². The zero-order chi connectivity index (χ0) is 11.9. The molecule has 2 unspecified atom stereocenters. The van der Waals surface area contributed by atoms with Crippen molar-refractivity contribution in [3.8, 4) is 0 Å². The number of likely N-dealkylation sites (N-methyl/N-ethyl adjacent to an activating group) is 1. The second-order valence-corrected chi connectivity index (χ2v) is 5.22. The number of benzene rings is 1. The predicted octanol–water partition coefficient (Wildman–Crippen LogP) is 3.45. The van der Waals surface area contributed by atoms with Crippen LogP contribution in [0.2, 0.25) is 0 Å². The van der Waals surface area contributed by atoms with Crippen LogP contribution in [0.15, 0.2) is 18.2 Å². The molecule has 2 nitrogen and oxygen atoms in total. The van der Waals surface area contributed by atoms with Gasteiger partial charge in [-0.3, -0.25) is 0 Å². The van der Waals surface area contributed by atoms with Crippen molar-refractivity contribution in [2.24, 2.45) is 0 Å². The van der Waals surface area contributed by atoms with E-state index in [-0.39, 0.29) is 0 Å². The molecule has 88 valence electrons. The summed E-state index contributed by atoms with van der Waals surface area (Å²) in [4.78, 5) is 2.36. The lowest BCUT2D eigenvalue weighted by Gasteiger charge is -2.39. The Balaban J connectivity index is 2.41. The standard InChI is InChI=1S/C14H22N2/c1-9(2)12-6-7-14-13(8-12)15-10(3)11(4)16(14)5/h6-11,15H,1-5H3. The summed E-state index contributed by atoms with van der Waals surface area (Å²) in [7, 11) is 2.18. The van der Waals surface area contributed by atoms with Gasteiger partial charge in [-0.1, -0.05) is 19.9 Å². The molecule has 2 atom stereocenters. The first-order valence-corrected chi connectivity index (χ1v) is 6.14. The summed E-state index contributed by atoms with van der Waals surface area (Å²) in [6, 6.07) is 7.81. The number of fused-ring (bicyclic) bond motifs is 1. The van der Waals surface area contributed by atoms with E-state index in [4.69, 9.17) is 0 Å². The maximum absolute atomic E-state index is 3.59. The van der Waals surface area contributed by atoms with E-state index in [9.17, 15) is 0 Å². The molecule has 16 heavy (non-hydrogen) atoms. The smallest absolute Gasteiger partial charge is 0.0602 e. The second-order valence-electron chi connectivity index (χ2n) is 5.22. The van der Waals surface area contributed by atoms with Gasteiger partial charge in [0.25, 0.3) is 0 Å². The van der Waals surface area contributed by atoms with Crippen molar-refractivity contribution in [3.63, 3.8) is 0 Å². The van der Waals surface area contributed by atoms with Crippen molar-refractivity contribution >= 4 is 11.4 Å². The largest absolute Gasteiger partial charge is 0.379 e. The highest BCUT2D eigenvalue weighted by molar-refractivity contribution is 5.74. The summed E-state index contributed by atoms with van der Waals surface area (Å²) in [6.45, 7) is 8.98. The van der Waals surface area contributed by atoms with Crippen LogP contribution in [-0.4, -0.2) is 19.1 Å². The van der Waals surface area contributed by atoms with E-state index in [0.29, 0.717) is 18.0 Å². The Morgan fingerprint density at radius 3 is 2.56 bits per heavy atom. The molecule has 1 N–H and O–H groups in total. The quantitative estimate of drug-likeness (QED) is 0.776. The summed E-state index contributed by atoms with van der Waals surface area (Å²) in [5.74, 6) is 0.590. The number of nitrogens with zero attached hydrogens (tertiary/aromatic N) is 1. The zero-order valence-electron chi connectivity index (χ0n) is 10.9. The second kappa shape index (κ2) is 4.00. The molecule has 0 amide bonds. The molecule has 1 aromatic carbocycles. The highest BCUT2D eigenvalue weighted by Gasteiger charge is 2.25. The molecule has 1 aliphatic heterocycles. The van der Waals surface area contributed by atoms with Crippen LogP contribution in [-0.2, 0) is 0 Å². The number of hydrogen-bond donors (Lipinski definition) is 1. The molecular formula is C14H22N2. The van der Waals surface area contributed by atoms with Gasteiger partial charge in [0.2, 0.25) is 0 Å². The van der Waals surface area contributed by atoms with Crippen LogP contribution in [0.1, 0.15) is 39.2 Å². The average molecular weight is 218 g/mol. The summed E-state index contributed by atoms with van der Waals surface area (Å²) in [6.07, 6.45) is 0. The van der Waals surface area contributed by atoms with Crippen molar-refractivity contribution < 1.29 is 0 Å². The van der Waals surface area contributed by atoms with Crippen LogP contribution in [0.25, 0.3) is 0 Å². The Morgan fingerprint density at radius 2 is 1.94 bits per heavy atom. The van der Waals surface area contributed by atoms with Crippen molar-refractivity contribution in [1.29, 1.82) is 0 Å². The zero-order valence-corrected chi connectivity index (χ0v) is 10.9. The van der Waals surface area contributed by atoms with E-state index in [1.54, 1.807) is 0 Å². The lowest BCUT2D eigenvalue weighted by Crippen LogP contribution is -2.45. The van der Waals surface area contributed by atoms with Gasteiger partial charge in [-0.15, -0.1) is 0 Å². The predicted molar refractivity (Wildman–Crippen MR) is 71.5 cm³/mol. The Labute approximate surface area is 98.7 Å². The van der Waals surface area contributed by atoms with Gasteiger partial charge in [0.15, 0.2) is 0 Å². The van der Waals surface area contributed by atoms with Crippen LogP contribution >= 0.6 is 0 Å². The first-order chi connectivity index (χ1) is 7.50. The van der Waals surface area contributed by atoms with Gasteiger partial charge in [-0.05, 0) is 37.5 Å². The van der Waals surface area contributed by atoms with Gasteiger partial charge < -0.3 is 10.2 Å². The summed E-state index contributed by atoms with van der Waals surface area (Å²) >= 11 is 0. The molecule has 2 heteroatoms. The van der Waals surface area contributed by atoms with E-state index in [0.717, 1.165) is 0 Å². The van der Waals surface area contributed by atoms with E-state index in [1.807, 2.05) is 0 Å². The molecule has 1 aromatic rings. The fourth-order valence-corrected chi connectivity index (χ4v) is 2.26. The first-order valence-electron chi connectivity index (χ1n) is 6.14. The van der Waals surface area contributed by atoms with Gasteiger partial charge in [0.05, 0.1) is 11.4 Å². The molecule has 1 aliphatic rings. The average Bonchev–Trinajstić information content (AvgIpc) is 2.25. The molecule has 1 heterocycles. The van der Waals surface area contributed by atoms with Gasteiger partial charge in [0, 0.05) is 19.1 Å². The fourth-order valence-electron chi connectivity index (χ4n) is 2.26. The Bertz CT molecular complexity index is 384. The number of rotatable bonds is 1. The Kier molecular flexibility index (Phi) is 2.83. The number of hydrogen-bond acceptors (Lipinski definition) is 2. The monoisotopic (exact) mass is 218 g/mol. The highest BCUT2D eigenvalue weighted by atomic mass is 15.2. The van der Waals surface area contributed by atoms with E-state index >= 15 is 0 Å². The molecule has 0 aliphatic carbocycles. The molecule has 0 saturated heterocycles. The number of anilines is 2. The molecule has 0 radical (unpaired) electrons. The lowest BCUT2D eigenvalue weighted by molar-refractivity contribution is 0.587. The minimum Gasteiger partial charge on any atom is -0.379 e. The van der Waals surface area contributed by atoms with Gasteiger partial charge in [-0.2, -0.15) is 0 Å². The summed E-state index contributed by atoms with van der Waals surface area (Å²) in [5, 5.41) is 3.59.